The summed E-state index contributed by atoms with van der Waals surface area (Å²) in [6.45, 7) is 4.72. The minimum Gasteiger partial charge on any atom is -0.506 e. The van der Waals surface area contributed by atoms with Gasteiger partial charge in [-0.25, -0.2) is 8.60 Å². The highest BCUT2D eigenvalue weighted by atomic mass is 32.2. The first-order valence-corrected chi connectivity index (χ1v) is 9.59. The van der Waals surface area contributed by atoms with Gasteiger partial charge in [-0.2, -0.15) is 0 Å². The zero-order chi connectivity index (χ0) is 18.2. The number of nitrogens with zero attached hydrogens (tertiary/aromatic N) is 1. The van der Waals surface area contributed by atoms with Gasteiger partial charge in [0.2, 0.25) is 11.2 Å². The Balaban J connectivity index is 1.70. The Bertz CT molecular complexity index is 687. The van der Waals surface area contributed by atoms with Crippen LogP contribution >= 0.6 is 0 Å². The summed E-state index contributed by atoms with van der Waals surface area (Å²) in [6, 6.07) is 3.15. The van der Waals surface area contributed by atoms with Crippen molar-refractivity contribution in [3.05, 3.63) is 23.5 Å². The molecular weight excluding hydrogens is 345 g/mol. The number of carbonyl (C=O) groups is 1. The second-order valence-electron chi connectivity index (χ2n) is 7.59. The number of amides is 1. The van der Waals surface area contributed by atoms with Crippen LogP contribution in [0.1, 0.15) is 45.1 Å². The van der Waals surface area contributed by atoms with Crippen LogP contribution in [-0.4, -0.2) is 27.8 Å². The van der Waals surface area contributed by atoms with Crippen molar-refractivity contribution in [1.82, 2.24) is 10.0 Å². The molecule has 2 fully saturated rings. The first-order valence-electron chi connectivity index (χ1n) is 8.49. The number of aromatic hydroxyl groups is 1. The zero-order valence-electron chi connectivity index (χ0n) is 14.5. The van der Waals surface area contributed by atoms with Crippen LogP contribution in [0.4, 0.5) is 10.1 Å². The van der Waals surface area contributed by atoms with Crippen LogP contribution in [0.15, 0.2) is 12.1 Å². The molecule has 8 heteroatoms. The van der Waals surface area contributed by atoms with Gasteiger partial charge in [0.25, 0.3) is 5.91 Å². The van der Waals surface area contributed by atoms with E-state index in [9.17, 15) is 18.5 Å². The highest BCUT2D eigenvalue weighted by Crippen LogP contribution is 2.36. The Hall–Kier alpha value is -1.67. The molecule has 2 atom stereocenters. The maximum Gasteiger partial charge on any atom is 0.253 e. The van der Waals surface area contributed by atoms with Gasteiger partial charge in [0, 0.05) is 12.6 Å². The molecule has 3 rings (SSSR count). The molecule has 138 valence electrons. The first-order chi connectivity index (χ1) is 11.7. The maximum atomic E-state index is 14.4. The minimum atomic E-state index is -1.87. The van der Waals surface area contributed by atoms with E-state index in [-0.39, 0.29) is 18.0 Å². The average Bonchev–Trinajstić information content (AvgIpc) is 2.82. The molecule has 2 aliphatic rings. The van der Waals surface area contributed by atoms with Crippen LogP contribution in [-0.2, 0) is 22.5 Å². The van der Waals surface area contributed by atoms with Crippen LogP contribution in [0.2, 0.25) is 0 Å². The molecule has 1 saturated carbocycles. The molecule has 1 aromatic carbocycles. The van der Waals surface area contributed by atoms with Crippen molar-refractivity contribution in [2.45, 2.75) is 52.1 Å². The molecule has 0 spiro atoms. The fourth-order valence-electron chi connectivity index (χ4n) is 3.66. The van der Waals surface area contributed by atoms with Crippen LogP contribution in [0.5, 0.6) is 5.75 Å². The summed E-state index contributed by atoms with van der Waals surface area (Å²) in [4.78, 5) is 11.3. The number of nitrogens with one attached hydrogen (secondary N) is 2. The Labute approximate surface area is 149 Å². The quantitative estimate of drug-likeness (QED) is 0.759. The Morgan fingerprint density at radius 1 is 1.48 bits per heavy atom. The molecule has 1 aliphatic heterocycles. The van der Waals surface area contributed by atoms with Crippen molar-refractivity contribution >= 4 is 22.8 Å². The standard InChI is InChI=1S/C17H24FN3O3S/c1-17(2)5-3-4-12(8-17)19-9-11-6-13(18)16(14(22)7-11)21-10-15(23)20-25(21)24/h6-7,12,19,22H,3-5,8-10H2,1-2H3,(H,20,23)/t12-,25?/m1/s1. The number of rotatable bonds is 4. The van der Waals surface area contributed by atoms with Gasteiger partial charge in [0.05, 0.1) is 0 Å². The Morgan fingerprint density at radius 2 is 2.24 bits per heavy atom. The SMILES string of the molecule is CC1(C)CCC[C@@H](NCc2cc(O)c(N3CC(=O)NS3=O)c(F)c2)C1. The van der Waals surface area contributed by atoms with Gasteiger partial charge in [-0.15, -0.1) is 0 Å². The minimum absolute atomic E-state index is 0.209. The van der Waals surface area contributed by atoms with Crippen molar-refractivity contribution in [2.75, 3.05) is 10.8 Å². The second-order valence-corrected chi connectivity index (χ2v) is 8.74. The number of anilines is 1. The van der Waals surface area contributed by atoms with Crippen molar-refractivity contribution in [1.29, 1.82) is 0 Å². The summed E-state index contributed by atoms with van der Waals surface area (Å²) in [5, 5.41) is 13.6. The molecule has 25 heavy (non-hydrogen) atoms. The lowest BCUT2D eigenvalue weighted by molar-refractivity contribution is -0.117. The number of phenols is 1. The van der Waals surface area contributed by atoms with E-state index in [1.807, 2.05) is 0 Å². The third kappa shape index (κ3) is 4.12. The topological polar surface area (TPSA) is 81.7 Å². The van der Waals surface area contributed by atoms with Gasteiger partial charge in [-0.3, -0.25) is 13.8 Å². The second kappa shape index (κ2) is 6.92. The van der Waals surface area contributed by atoms with Gasteiger partial charge in [-0.1, -0.05) is 20.3 Å². The Morgan fingerprint density at radius 3 is 2.84 bits per heavy atom. The predicted octanol–water partition coefficient (Wildman–Crippen LogP) is 2.10. The molecule has 0 bridgehead atoms. The molecule has 0 radical (unpaired) electrons. The largest absolute Gasteiger partial charge is 0.506 e. The molecule has 3 N–H and O–H groups in total. The lowest BCUT2D eigenvalue weighted by atomic mass is 9.75. The zero-order valence-corrected chi connectivity index (χ0v) is 15.3. The number of hydrogen-bond acceptors (Lipinski definition) is 4. The summed E-state index contributed by atoms with van der Waals surface area (Å²) >= 11 is -1.87. The Kier molecular flexibility index (Phi) is 5.02. The van der Waals surface area contributed by atoms with Crippen molar-refractivity contribution in [2.24, 2.45) is 5.41 Å². The van der Waals surface area contributed by atoms with E-state index in [0.29, 0.717) is 23.6 Å². The molecular formula is C17H24FN3O3S. The first kappa shape index (κ1) is 18.1. The van der Waals surface area contributed by atoms with Crippen molar-refractivity contribution in [3.63, 3.8) is 0 Å². The van der Waals surface area contributed by atoms with E-state index in [2.05, 4.69) is 23.9 Å². The lowest BCUT2D eigenvalue weighted by Gasteiger charge is -2.35. The van der Waals surface area contributed by atoms with E-state index < -0.39 is 22.9 Å². The van der Waals surface area contributed by atoms with Gasteiger partial charge in [0.1, 0.15) is 18.0 Å². The molecule has 1 unspecified atom stereocenters. The van der Waals surface area contributed by atoms with Gasteiger partial charge >= 0.3 is 0 Å². The van der Waals surface area contributed by atoms with E-state index in [1.54, 1.807) is 0 Å². The van der Waals surface area contributed by atoms with Gasteiger partial charge in [0.15, 0.2) is 5.82 Å². The molecule has 1 saturated heterocycles. The summed E-state index contributed by atoms with van der Waals surface area (Å²) in [5.74, 6) is -1.47. The average molecular weight is 369 g/mol. The number of halogens is 1. The summed E-state index contributed by atoms with van der Waals surface area (Å²) < 4.78 is 29.4. The lowest BCUT2D eigenvalue weighted by Crippen LogP contribution is -2.36. The third-order valence-corrected chi connectivity index (χ3v) is 5.96. The highest BCUT2D eigenvalue weighted by molar-refractivity contribution is 7.85. The van der Waals surface area contributed by atoms with E-state index in [1.165, 1.54) is 25.0 Å². The maximum absolute atomic E-state index is 14.4. The van der Waals surface area contributed by atoms with E-state index >= 15 is 0 Å². The molecule has 1 heterocycles. The highest BCUT2D eigenvalue weighted by Gasteiger charge is 2.32. The fraction of sp³-hybridized carbons (Fsp3) is 0.588. The van der Waals surface area contributed by atoms with E-state index in [4.69, 9.17) is 0 Å². The molecule has 0 aromatic heterocycles. The van der Waals surface area contributed by atoms with Crippen LogP contribution in [0.25, 0.3) is 0 Å². The normalized spacial score (nSPS) is 25.9. The van der Waals surface area contributed by atoms with Crippen molar-refractivity contribution < 1.29 is 18.5 Å². The summed E-state index contributed by atoms with van der Waals surface area (Å²) in [5.41, 5.74) is 0.720. The summed E-state index contributed by atoms with van der Waals surface area (Å²) in [6.07, 6.45) is 4.55. The predicted molar refractivity (Wildman–Crippen MR) is 94.6 cm³/mol. The third-order valence-electron chi connectivity index (χ3n) is 4.84. The van der Waals surface area contributed by atoms with Crippen LogP contribution in [0, 0.1) is 11.2 Å². The van der Waals surface area contributed by atoms with Crippen LogP contribution in [0.3, 0.4) is 0 Å². The summed E-state index contributed by atoms with van der Waals surface area (Å²) in [7, 11) is 0. The molecule has 1 aliphatic carbocycles. The molecule has 1 aromatic rings. The smallest absolute Gasteiger partial charge is 0.253 e. The number of benzene rings is 1. The van der Waals surface area contributed by atoms with E-state index in [0.717, 1.165) is 17.1 Å². The number of phenolic OH excluding ortho intramolecular Hbond substituents is 1. The monoisotopic (exact) mass is 369 g/mol. The number of carbonyl (C=O) groups excluding carboxylic acids is 1. The van der Waals surface area contributed by atoms with Gasteiger partial charge < -0.3 is 10.4 Å². The van der Waals surface area contributed by atoms with Gasteiger partial charge in [-0.05, 0) is 42.4 Å². The molecule has 1 amide bonds. The van der Waals surface area contributed by atoms with Crippen LogP contribution < -0.4 is 14.3 Å². The van der Waals surface area contributed by atoms with Crippen molar-refractivity contribution in [3.8, 4) is 5.75 Å². The molecule has 6 nitrogen and oxygen atoms in total. The number of hydrogen-bond donors (Lipinski definition) is 3. The fourth-order valence-corrected chi connectivity index (χ4v) is 4.61.